The molecule has 4 nitrogen and oxygen atoms in total. The third kappa shape index (κ3) is 3.60. The zero-order valence-electron chi connectivity index (χ0n) is 14.0. The number of urea groups is 1. The van der Waals surface area contributed by atoms with Crippen LogP contribution >= 0.6 is 0 Å². The van der Waals surface area contributed by atoms with Gasteiger partial charge >= 0.3 is 6.03 Å². The maximum atomic E-state index is 12.4. The van der Waals surface area contributed by atoms with Crippen molar-refractivity contribution in [3.8, 4) is 0 Å². The minimum atomic E-state index is -0.170. The van der Waals surface area contributed by atoms with Crippen molar-refractivity contribution >= 4 is 6.03 Å². The van der Waals surface area contributed by atoms with Crippen LogP contribution in [0.5, 0.6) is 0 Å². The molecule has 3 rings (SSSR count). The Morgan fingerprint density at radius 3 is 2.62 bits per heavy atom. The summed E-state index contributed by atoms with van der Waals surface area (Å²) in [5.41, 5.74) is 4.33. The molecule has 0 saturated carbocycles. The van der Waals surface area contributed by atoms with E-state index in [0.29, 0.717) is 12.5 Å². The van der Waals surface area contributed by atoms with Gasteiger partial charge in [0.25, 0.3) is 0 Å². The van der Waals surface area contributed by atoms with Crippen molar-refractivity contribution in [2.24, 2.45) is 5.92 Å². The number of aryl methyl sites for hydroxylation is 1. The van der Waals surface area contributed by atoms with E-state index in [1.807, 2.05) is 30.3 Å². The second kappa shape index (κ2) is 7.49. The van der Waals surface area contributed by atoms with Crippen LogP contribution in [0.1, 0.15) is 41.6 Å². The highest BCUT2D eigenvalue weighted by Gasteiger charge is 2.27. The standard InChI is InChI=1S/C20H24N2O2/c1-14-10-11-15-6-4-5-9-18(15)19(14)22-20(24)21-12-16-7-2-3-8-17(16)13-23/h2-9,14,19,23H,10-13H2,1H3,(H2,21,22,24). The summed E-state index contributed by atoms with van der Waals surface area (Å²) in [7, 11) is 0. The number of aliphatic hydroxyl groups excluding tert-OH is 1. The number of hydrogen-bond donors (Lipinski definition) is 3. The van der Waals surface area contributed by atoms with Gasteiger partial charge in [-0.15, -0.1) is 0 Å². The first-order chi connectivity index (χ1) is 11.7. The average molecular weight is 324 g/mol. The Morgan fingerprint density at radius 1 is 1.12 bits per heavy atom. The number of rotatable bonds is 4. The van der Waals surface area contributed by atoms with Gasteiger partial charge in [0.1, 0.15) is 0 Å². The maximum Gasteiger partial charge on any atom is 0.315 e. The highest BCUT2D eigenvalue weighted by molar-refractivity contribution is 5.74. The smallest absolute Gasteiger partial charge is 0.315 e. The van der Waals surface area contributed by atoms with Crippen LogP contribution in [0, 0.1) is 5.92 Å². The molecule has 2 amide bonds. The van der Waals surface area contributed by atoms with E-state index in [-0.39, 0.29) is 18.7 Å². The Labute approximate surface area is 142 Å². The first-order valence-corrected chi connectivity index (χ1v) is 8.49. The second-order valence-electron chi connectivity index (χ2n) is 6.45. The highest BCUT2D eigenvalue weighted by Crippen LogP contribution is 2.33. The van der Waals surface area contributed by atoms with Crippen LogP contribution in [0.4, 0.5) is 4.79 Å². The lowest BCUT2D eigenvalue weighted by Gasteiger charge is -2.32. The summed E-state index contributed by atoms with van der Waals surface area (Å²) in [6.07, 6.45) is 2.15. The minimum absolute atomic E-state index is 0.0213. The van der Waals surface area contributed by atoms with E-state index < -0.39 is 0 Å². The number of carbonyl (C=O) groups is 1. The van der Waals surface area contributed by atoms with Gasteiger partial charge < -0.3 is 15.7 Å². The van der Waals surface area contributed by atoms with Gasteiger partial charge in [0.05, 0.1) is 12.6 Å². The van der Waals surface area contributed by atoms with Gasteiger partial charge in [0.15, 0.2) is 0 Å². The molecule has 0 radical (unpaired) electrons. The number of aliphatic hydroxyl groups is 1. The zero-order chi connectivity index (χ0) is 16.9. The van der Waals surface area contributed by atoms with Gasteiger partial charge in [-0.2, -0.15) is 0 Å². The zero-order valence-corrected chi connectivity index (χ0v) is 14.0. The number of amides is 2. The van der Waals surface area contributed by atoms with Crippen LogP contribution in [-0.2, 0) is 19.6 Å². The molecule has 24 heavy (non-hydrogen) atoms. The van der Waals surface area contributed by atoms with E-state index in [4.69, 9.17) is 0 Å². The second-order valence-corrected chi connectivity index (χ2v) is 6.45. The SMILES string of the molecule is CC1CCc2ccccc2C1NC(=O)NCc1ccccc1CO. The molecule has 2 aromatic carbocycles. The predicted molar refractivity (Wildman–Crippen MR) is 94.4 cm³/mol. The molecule has 0 saturated heterocycles. The maximum absolute atomic E-state index is 12.4. The fourth-order valence-corrected chi connectivity index (χ4v) is 3.39. The van der Waals surface area contributed by atoms with Gasteiger partial charge in [0, 0.05) is 6.54 Å². The van der Waals surface area contributed by atoms with Crippen molar-refractivity contribution in [3.63, 3.8) is 0 Å². The van der Waals surface area contributed by atoms with Crippen LogP contribution < -0.4 is 10.6 Å². The van der Waals surface area contributed by atoms with Crippen LogP contribution in [0.25, 0.3) is 0 Å². The molecule has 0 aromatic heterocycles. The fraction of sp³-hybridized carbons (Fsp3) is 0.350. The quantitative estimate of drug-likeness (QED) is 0.808. The number of nitrogens with one attached hydrogen (secondary N) is 2. The summed E-state index contributed by atoms with van der Waals surface area (Å²) >= 11 is 0. The molecule has 2 unspecified atom stereocenters. The molecule has 1 aliphatic rings. The van der Waals surface area contributed by atoms with E-state index in [2.05, 4.69) is 35.8 Å². The lowest BCUT2D eigenvalue weighted by atomic mass is 9.81. The monoisotopic (exact) mass is 324 g/mol. The molecule has 0 bridgehead atoms. The van der Waals surface area contributed by atoms with Crippen molar-refractivity contribution in [3.05, 3.63) is 70.8 Å². The Hall–Kier alpha value is -2.33. The van der Waals surface area contributed by atoms with Crippen molar-refractivity contribution in [1.29, 1.82) is 0 Å². The summed E-state index contributed by atoms with van der Waals surface area (Å²) in [5.74, 6) is 0.412. The van der Waals surface area contributed by atoms with Crippen molar-refractivity contribution in [2.45, 2.75) is 39.0 Å². The van der Waals surface area contributed by atoms with Crippen LogP contribution in [-0.4, -0.2) is 11.1 Å². The van der Waals surface area contributed by atoms with Crippen molar-refractivity contribution < 1.29 is 9.90 Å². The molecule has 2 aromatic rings. The van der Waals surface area contributed by atoms with E-state index in [1.165, 1.54) is 11.1 Å². The van der Waals surface area contributed by atoms with E-state index in [9.17, 15) is 9.90 Å². The first kappa shape index (κ1) is 16.5. The number of fused-ring (bicyclic) bond motifs is 1. The molecular weight excluding hydrogens is 300 g/mol. The molecule has 0 aliphatic heterocycles. The molecule has 3 N–H and O–H groups in total. The van der Waals surface area contributed by atoms with Crippen LogP contribution in [0.3, 0.4) is 0 Å². The molecule has 0 heterocycles. The molecule has 2 atom stereocenters. The third-order valence-electron chi connectivity index (χ3n) is 4.84. The largest absolute Gasteiger partial charge is 0.392 e. The molecule has 1 aliphatic carbocycles. The van der Waals surface area contributed by atoms with E-state index in [0.717, 1.165) is 24.0 Å². The predicted octanol–water partition coefficient (Wildman–Crippen LogP) is 3.30. The summed E-state index contributed by atoms with van der Waals surface area (Å²) in [5, 5.41) is 15.4. The van der Waals surface area contributed by atoms with Crippen LogP contribution in [0.2, 0.25) is 0 Å². The highest BCUT2D eigenvalue weighted by atomic mass is 16.3. The first-order valence-electron chi connectivity index (χ1n) is 8.49. The topological polar surface area (TPSA) is 61.4 Å². The van der Waals surface area contributed by atoms with Crippen molar-refractivity contribution in [2.75, 3.05) is 0 Å². The molecular formula is C20H24N2O2. The summed E-state index contributed by atoms with van der Waals surface area (Å²) in [4.78, 5) is 12.4. The Kier molecular flexibility index (Phi) is 5.16. The fourth-order valence-electron chi connectivity index (χ4n) is 3.39. The Balaban J connectivity index is 1.65. The van der Waals surface area contributed by atoms with Gasteiger partial charge in [0.2, 0.25) is 0 Å². The van der Waals surface area contributed by atoms with Gasteiger partial charge in [-0.25, -0.2) is 4.79 Å². The van der Waals surface area contributed by atoms with Gasteiger partial charge in [-0.1, -0.05) is 55.5 Å². The summed E-state index contributed by atoms with van der Waals surface area (Å²) in [6.45, 7) is 2.57. The third-order valence-corrected chi connectivity index (χ3v) is 4.84. The Morgan fingerprint density at radius 2 is 1.83 bits per heavy atom. The number of carbonyl (C=O) groups excluding carboxylic acids is 1. The van der Waals surface area contributed by atoms with Crippen molar-refractivity contribution in [1.82, 2.24) is 10.6 Å². The minimum Gasteiger partial charge on any atom is -0.392 e. The number of benzene rings is 2. The molecule has 0 fully saturated rings. The Bertz CT molecular complexity index is 714. The average Bonchev–Trinajstić information content (AvgIpc) is 2.62. The van der Waals surface area contributed by atoms with Gasteiger partial charge in [-0.3, -0.25) is 0 Å². The van der Waals surface area contributed by atoms with E-state index >= 15 is 0 Å². The molecule has 0 spiro atoms. The molecule has 4 heteroatoms. The number of hydrogen-bond acceptors (Lipinski definition) is 2. The van der Waals surface area contributed by atoms with Gasteiger partial charge in [-0.05, 0) is 41.0 Å². The lowest BCUT2D eigenvalue weighted by molar-refractivity contribution is 0.229. The van der Waals surface area contributed by atoms with E-state index in [1.54, 1.807) is 0 Å². The summed E-state index contributed by atoms with van der Waals surface area (Å²) < 4.78 is 0. The summed E-state index contributed by atoms with van der Waals surface area (Å²) in [6, 6.07) is 15.8. The van der Waals surface area contributed by atoms with Crippen LogP contribution in [0.15, 0.2) is 48.5 Å². The normalized spacial score (nSPS) is 19.4. The molecule has 126 valence electrons. The lowest BCUT2D eigenvalue weighted by Crippen LogP contribution is -2.41.